The van der Waals surface area contributed by atoms with E-state index >= 15 is 0 Å². The van der Waals surface area contributed by atoms with E-state index < -0.39 is 5.97 Å². The van der Waals surface area contributed by atoms with Crippen molar-refractivity contribution in [2.45, 2.75) is 12.8 Å². The lowest BCUT2D eigenvalue weighted by molar-refractivity contribution is -0.132. The zero-order valence-electron chi connectivity index (χ0n) is 16.0. The summed E-state index contributed by atoms with van der Waals surface area (Å²) >= 11 is 0. The first-order valence-corrected chi connectivity index (χ1v) is 9.00. The molecule has 28 heavy (non-hydrogen) atoms. The number of benzene rings is 2. The number of methoxy groups -OCH3 is 1. The van der Waals surface area contributed by atoms with Crippen molar-refractivity contribution in [1.82, 2.24) is 4.98 Å². The van der Waals surface area contributed by atoms with Gasteiger partial charge in [0.05, 0.1) is 7.11 Å². The minimum absolute atomic E-state index is 0.172. The molecule has 0 spiro atoms. The quantitative estimate of drug-likeness (QED) is 0.355. The predicted octanol–water partition coefficient (Wildman–Crippen LogP) is 4.06. The molecule has 0 radical (unpaired) electrons. The molecule has 3 rings (SSSR count). The number of carbonyl (C=O) groups is 1. The summed E-state index contributed by atoms with van der Waals surface area (Å²) in [6, 6.07) is 20.1. The Balaban J connectivity index is 1.83. The second-order valence-corrected chi connectivity index (χ2v) is 6.21. The van der Waals surface area contributed by atoms with Gasteiger partial charge in [-0.05, 0) is 47.2 Å². The molecule has 0 saturated carbocycles. The smallest absolute Gasteiger partial charge is 0.360 e. The fourth-order valence-electron chi connectivity index (χ4n) is 3.08. The SMILES string of the molecule is CO/N=C(\C(=O)OC)c1ccccc1CCc1cccc(-c2ccncc2)c1. The molecule has 1 aromatic heterocycles. The van der Waals surface area contributed by atoms with Gasteiger partial charge in [-0.25, -0.2) is 4.79 Å². The van der Waals surface area contributed by atoms with Gasteiger partial charge in [0.25, 0.3) is 0 Å². The van der Waals surface area contributed by atoms with Gasteiger partial charge in [-0.15, -0.1) is 0 Å². The van der Waals surface area contributed by atoms with Crippen LogP contribution in [0, 0.1) is 0 Å². The standard InChI is InChI=1S/C23H22N2O3/c1-27-23(26)22(25-28-2)21-9-4-3-7-19(21)11-10-17-6-5-8-20(16-17)18-12-14-24-15-13-18/h3-9,12-16H,10-11H2,1-2H3/b25-22-. The number of pyridine rings is 1. The number of rotatable bonds is 7. The maximum absolute atomic E-state index is 12.1. The van der Waals surface area contributed by atoms with E-state index in [1.807, 2.05) is 36.4 Å². The van der Waals surface area contributed by atoms with Crippen LogP contribution in [-0.2, 0) is 27.2 Å². The number of hydrogen-bond donors (Lipinski definition) is 0. The van der Waals surface area contributed by atoms with Crippen molar-refractivity contribution >= 4 is 11.7 Å². The Morgan fingerprint density at radius 3 is 2.46 bits per heavy atom. The summed E-state index contributed by atoms with van der Waals surface area (Å²) in [5, 5.41) is 3.87. The van der Waals surface area contributed by atoms with Gasteiger partial charge < -0.3 is 9.57 Å². The molecule has 0 saturated heterocycles. The highest BCUT2D eigenvalue weighted by atomic mass is 16.6. The Bertz CT molecular complexity index is 968. The molecule has 1 heterocycles. The molecule has 3 aromatic rings. The summed E-state index contributed by atoms with van der Waals surface area (Å²) in [6.45, 7) is 0. The van der Waals surface area contributed by atoms with Crippen LogP contribution in [0.4, 0.5) is 0 Å². The second kappa shape index (κ2) is 9.46. The van der Waals surface area contributed by atoms with Crippen molar-refractivity contribution in [3.8, 4) is 11.1 Å². The highest BCUT2D eigenvalue weighted by molar-refractivity contribution is 6.43. The normalized spacial score (nSPS) is 11.1. The number of carbonyl (C=O) groups excluding carboxylic acids is 1. The molecule has 0 aliphatic heterocycles. The third-order valence-electron chi connectivity index (χ3n) is 4.46. The lowest BCUT2D eigenvalue weighted by atomic mass is 9.95. The first kappa shape index (κ1) is 19.3. The lowest BCUT2D eigenvalue weighted by Gasteiger charge is -2.11. The Hall–Kier alpha value is -3.47. The average molecular weight is 374 g/mol. The van der Waals surface area contributed by atoms with E-state index in [-0.39, 0.29) is 5.71 Å². The first-order chi connectivity index (χ1) is 13.7. The number of esters is 1. The third kappa shape index (κ3) is 4.62. The summed E-state index contributed by atoms with van der Waals surface area (Å²) in [4.78, 5) is 21.0. The number of aromatic nitrogens is 1. The van der Waals surface area contributed by atoms with E-state index in [1.54, 1.807) is 12.4 Å². The highest BCUT2D eigenvalue weighted by Gasteiger charge is 2.18. The number of hydrogen-bond acceptors (Lipinski definition) is 5. The van der Waals surface area contributed by atoms with Crippen molar-refractivity contribution in [2.75, 3.05) is 14.2 Å². The number of aryl methyl sites for hydroxylation is 2. The van der Waals surface area contributed by atoms with Gasteiger partial charge in [0.1, 0.15) is 7.11 Å². The van der Waals surface area contributed by atoms with Gasteiger partial charge in [-0.3, -0.25) is 4.98 Å². The molecule has 0 aliphatic carbocycles. The molecule has 5 heteroatoms. The van der Waals surface area contributed by atoms with Gasteiger partial charge in [-0.1, -0.05) is 53.7 Å². The van der Waals surface area contributed by atoms with E-state index in [1.165, 1.54) is 19.8 Å². The second-order valence-electron chi connectivity index (χ2n) is 6.21. The molecular formula is C23H22N2O3. The molecule has 0 bridgehead atoms. The van der Waals surface area contributed by atoms with Crippen LogP contribution in [0.1, 0.15) is 16.7 Å². The van der Waals surface area contributed by atoms with Gasteiger partial charge in [0.15, 0.2) is 5.71 Å². The van der Waals surface area contributed by atoms with Crippen LogP contribution < -0.4 is 0 Å². The molecule has 0 unspecified atom stereocenters. The zero-order chi connectivity index (χ0) is 19.8. The molecule has 5 nitrogen and oxygen atoms in total. The van der Waals surface area contributed by atoms with Crippen LogP contribution in [0.25, 0.3) is 11.1 Å². The minimum Gasteiger partial charge on any atom is -0.464 e. The number of oxime groups is 1. The van der Waals surface area contributed by atoms with Crippen molar-refractivity contribution in [1.29, 1.82) is 0 Å². The monoisotopic (exact) mass is 374 g/mol. The summed E-state index contributed by atoms with van der Waals surface area (Å²) in [7, 11) is 2.75. The zero-order valence-corrected chi connectivity index (χ0v) is 16.0. The van der Waals surface area contributed by atoms with E-state index in [4.69, 9.17) is 9.57 Å². The van der Waals surface area contributed by atoms with E-state index in [0.717, 1.165) is 35.1 Å². The van der Waals surface area contributed by atoms with E-state index in [0.29, 0.717) is 0 Å². The Labute approximate surface area is 164 Å². The summed E-state index contributed by atoms with van der Waals surface area (Å²) in [5.74, 6) is -0.519. The molecule has 0 amide bonds. The molecule has 0 N–H and O–H groups in total. The Kier molecular flexibility index (Phi) is 6.52. The van der Waals surface area contributed by atoms with Crippen molar-refractivity contribution in [3.63, 3.8) is 0 Å². The predicted molar refractivity (Wildman–Crippen MR) is 109 cm³/mol. The van der Waals surface area contributed by atoms with Gasteiger partial charge in [0.2, 0.25) is 0 Å². The first-order valence-electron chi connectivity index (χ1n) is 9.00. The molecular weight excluding hydrogens is 352 g/mol. The Morgan fingerprint density at radius 2 is 1.71 bits per heavy atom. The van der Waals surface area contributed by atoms with Crippen molar-refractivity contribution < 1.29 is 14.4 Å². The van der Waals surface area contributed by atoms with Crippen LogP contribution in [0.5, 0.6) is 0 Å². The van der Waals surface area contributed by atoms with Crippen LogP contribution in [0.2, 0.25) is 0 Å². The van der Waals surface area contributed by atoms with Crippen LogP contribution >= 0.6 is 0 Å². The Morgan fingerprint density at radius 1 is 0.929 bits per heavy atom. The fraction of sp³-hybridized carbons (Fsp3) is 0.174. The molecule has 142 valence electrons. The minimum atomic E-state index is -0.519. The van der Waals surface area contributed by atoms with Crippen molar-refractivity contribution in [2.24, 2.45) is 5.16 Å². The molecule has 0 atom stereocenters. The van der Waals surface area contributed by atoms with Gasteiger partial charge in [0, 0.05) is 18.0 Å². The van der Waals surface area contributed by atoms with Crippen LogP contribution in [-0.4, -0.2) is 30.9 Å². The number of nitrogens with zero attached hydrogens (tertiary/aromatic N) is 2. The summed E-state index contributed by atoms with van der Waals surface area (Å²) in [5.41, 5.74) is 5.42. The van der Waals surface area contributed by atoms with Gasteiger partial charge in [-0.2, -0.15) is 0 Å². The third-order valence-corrected chi connectivity index (χ3v) is 4.46. The fourth-order valence-corrected chi connectivity index (χ4v) is 3.08. The number of ether oxygens (including phenoxy) is 1. The lowest BCUT2D eigenvalue weighted by Crippen LogP contribution is -2.19. The molecule has 2 aromatic carbocycles. The van der Waals surface area contributed by atoms with Crippen LogP contribution in [0.3, 0.4) is 0 Å². The average Bonchev–Trinajstić information content (AvgIpc) is 2.76. The van der Waals surface area contributed by atoms with Crippen LogP contribution in [0.15, 0.2) is 78.2 Å². The van der Waals surface area contributed by atoms with Crippen molar-refractivity contribution in [3.05, 3.63) is 89.7 Å². The maximum atomic E-state index is 12.1. The summed E-state index contributed by atoms with van der Waals surface area (Å²) in [6.07, 6.45) is 5.18. The highest BCUT2D eigenvalue weighted by Crippen LogP contribution is 2.21. The topological polar surface area (TPSA) is 60.8 Å². The molecule has 0 aliphatic rings. The van der Waals surface area contributed by atoms with Gasteiger partial charge >= 0.3 is 5.97 Å². The largest absolute Gasteiger partial charge is 0.464 e. The maximum Gasteiger partial charge on any atom is 0.360 e. The van der Waals surface area contributed by atoms with E-state index in [9.17, 15) is 4.79 Å². The van der Waals surface area contributed by atoms with E-state index in [2.05, 4.69) is 34.4 Å². The molecule has 0 fully saturated rings. The summed E-state index contributed by atoms with van der Waals surface area (Å²) < 4.78 is 4.85.